The zero-order valence-corrected chi connectivity index (χ0v) is 61.1. The number of pyridine rings is 2. The molecule has 4 aliphatic rings. The van der Waals surface area contributed by atoms with Crippen LogP contribution in [0.25, 0.3) is 0 Å². The Hall–Kier alpha value is -10.1. The molecule has 14 rings (SSSR count). The number of nitrogens with zero attached hydrogens (tertiary/aromatic N) is 17. The summed E-state index contributed by atoms with van der Waals surface area (Å²) < 4.78 is 160. The number of anilines is 4. The largest absolute Gasteiger partial charge is 0.416 e. The summed E-state index contributed by atoms with van der Waals surface area (Å²) in [6.45, 7) is 11.9. The molecule has 4 saturated heterocycles. The standard InChI is InChI=1S/C18H19F3N4S.2C15H15F3N4S.C11H13F3N2.C7H6N4S.C6H8N2/c19-18(20,21)14-4-3-6-16(12-14)24-8-10-25(11-9-24)17(26)23-13-15-5-1-2-7-22-15;2*16-15(17,18)12-2-1-3-13(10-12)20-6-8-21(9-7-20)14(23)22-5-4-19-11-22;12-11(13,14)9-2-1-3-10(8-9)16-6-4-15-5-7-16;12-7(10-3-1-8-5-10)11-4-2-9-6-11;7-5-6-3-1-2-4-8-6/h1-7,12H,8-11,13H2,(H,23,26);2*1-5,10-11H,6-9H2;1-3,8,15H,4-7H2;1-6H;1-4H,5,7H2. The molecule has 0 atom stereocenters. The number of rotatable bonds is 7. The average Bonchev–Trinajstić information content (AvgIpc) is 0.851. The van der Waals surface area contributed by atoms with Crippen LogP contribution in [-0.4, -0.2) is 188 Å². The molecule has 0 spiro atoms. The van der Waals surface area contributed by atoms with Crippen LogP contribution in [0.2, 0.25) is 0 Å². The lowest BCUT2D eigenvalue weighted by Gasteiger charge is -2.37. The first kappa shape index (κ1) is 81.9. The maximum Gasteiger partial charge on any atom is 0.416 e. The Balaban J connectivity index is 0.000000154. The minimum atomic E-state index is -4.32. The van der Waals surface area contributed by atoms with E-state index < -0.39 is 47.0 Å². The molecule has 0 amide bonds. The van der Waals surface area contributed by atoms with Crippen molar-refractivity contribution < 1.29 is 52.7 Å². The van der Waals surface area contributed by atoms with Crippen LogP contribution < -0.4 is 36.0 Å². The fraction of sp³-hybridized carbons (Fsp3) is 0.306. The van der Waals surface area contributed by atoms with Gasteiger partial charge in [-0.05, 0) is 146 Å². The SMILES string of the molecule is FC(F)(F)c1cccc(N2CCN(C(=S)NCc3ccccn3)CC2)c1.FC(F)(F)c1cccc(N2CCN(C(=S)n3ccnc3)CC2)c1.FC(F)(F)c1cccc(N2CCN(C(=S)n3ccnc3)CC2)c1.FC(F)(F)c1cccc(N2CCNCC2)c1.NCc1ccccn1.S=C(n1ccnc1)n1ccnc1. The van der Waals surface area contributed by atoms with Gasteiger partial charge < -0.3 is 50.7 Å². The highest BCUT2D eigenvalue weighted by Gasteiger charge is 2.35. The van der Waals surface area contributed by atoms with Crippen LogP contribution in [0.4, 0.5) is 75.4 Å². The fourth-order valence-electron chi connectivity index (χ4n) is 11.2. The molecule has 572 valence electrons. The number of benzene rings is 4. The number of nitrogens with two attached hydrogens (primary N) is 1. The number of thiocarbonyl (C=S) groups is 4. The van der Waals surface area contributed by atoms with Crippen molar-refractivity contribution in [2.24, 2.45) is 5.73 Å². The van der Waals surface area contributed by atoms with Crippen molar-refractivity contribution in [3.63, 3.8) is 0 Å². The van der Waals surface area contributed by atoms with Crippen LogP contribution in [-0.2, 0) is 37.8 Å². The van der Waals surface area contributed by atoms with Crippen molar-refractivity contribution in [2.75, 3.05) is 124 Å². The van der Waals surface area contributed by atoms with E-state index in [2.05, 4.69) is 40.5 Å². The van der Waals surface area contributed by atoms with Gasteiger partial charge in [0.15, 0.2) is 20.4 Å². The Labute approximate surface area is 637 Å². The lowest BCUT2D eigenvalue weighted by atomic mass is 10.1. The second-order valence-electron chi connectivity index (χ2n) is 24.1. The van der Waals surface area contributed by atoms with E-state index in [1.807, 2.05) is 70.7 Å². The average molecular weight is 1580 g/mol. The molecular weight excluding hydrogens is 1500 g/mol. The van der Waals surface area contributed by atoms with E-state index in [1.165, 1.54) is 48.5 Å². The summed E-state index contributed by atoms with van der Waals surface area (Å²) in [7, 11) is 0. The molecule has 0 radical (unpaired) electrons. The first-order chi connectivity index (χ1) is 51.7. The van der Waals surface area contributed by atoms with E-state index in [9.17, 15) is 52.7 Å². The van der Waals surface area contributed by atoms with E-state index in [0.717, 1.165) is 61.8 Å². The minimum absolute atomic E-state index is 0.529. The van der Waals surface area contributed by atoms with Crippen molar-refractivity contribution in [1.82, 2.24) is 73.5 Å². The van der Waals surface area contributed by atoms with E-state index in [-0.39, 0.29) is 0 Å². The number of hydrogen-bond acceptors (Lipinski definition) is 16. The Morgan fingerprint density at radius 3 is 0.944 bits per heavy atom. The first-order valence-corrected chi connectivity index (χ1v) is 35.3. The molecule has 4 N–H and O–H groups in total. The second-order valence-corrected chi connectivity index (χ2v) is 25.6. The number of nitrogens with one attached hydrogen (secondary N) is 2. The van der Waals surface area contributed by atoms with E-state index in [4.69, 9.17) is 54.6 Å². The summed E-state index contributed by atoms with van der Waals surface area (Å²) in [5.41, 5.74) is 7.11. The normalized spacial score (nSPS) is 14.7. The lowest BCUT2D eigenvalue weighted by molar-refractivity contribution is -0.138. The lowest BCUT2D eigenvalue weighted by Crippen LogP contribution is -2.51. The van der Waals surface area contributed by atoms with Gasteiger partial charge in [0.1, 0.15) is 25.3 Å². The number of halogens is 12. The molecule has 4 fully saturated rings. The van der Waals surface area contributed by atoms with Crippen molar-refractivity contribution in [3.05, 3.63) is 254 Å². The molecule has 10 aromatic rings. The number of hydrogen-bond donors (Lipinski definition) is 3. The second kappa shape index (κ2) is 39.1. The van der Waals surface area contributed by atoms with Crippen LogP contribution in [0.5, 0.6) is 0 Å². The van der Waals surface area contributed by atoms with Gasteiger partial charge in [0.05, 0.1) is 40.2 Å². The minimum Gasteiger partial charge on any atom is -0.369 e. The molecule has 6 aromatic heterocycles. The quantitative estimate of drug-likeness (QED) is 0.102. The third-order valence-electron chi connectivity index (χ3n) is 16.9. The first-order valence-electron chi connectivity index (χ1n) is 33.7. The van der Waals surface area contributed by atoms with Crippen LogP contribution in [0.1, 0.15) is 33.6 Å². The van der Waals surface area contributed by atoms with Crippen molar-refractivity contribution in [2.45, 2.75) is 37.8 Å². The number of piperazine rings is 4. The predicted octanol–water partition coefficient (Wildman–Crippen LogP) is 12.4. The van der Waals surface area contributed by atoms with Gasteiger partial charge in [0.2, 0.25) is 0 Å². The molecule has 0 aliphatic carbocycles. The Kier molecular flexibility index (Phi) is 29.7. The summed E-state index contributed by atoms with van der Waals surface area (Å²) in [5, 5.41) is 8.94. The summed E-state index contributed by atoms with van der Waals surface area (Å²) in [6.07, 6.45) is 6.67. The van der Waals surface area contributed by atoms with Gasteiger partial charge in [0.25, 0.3) is 0 Å². The molecule has 36 heteroatoms. The van der Waals surface area contributed by atoms with Gasteiger partial charge in [-0.25, -0.2) is 19.9 Å². The number of alkyl halides is 12. The summed E-state index contributed by atoms with van der Waals surface area (Å²) in [5.74, 6) is 0. The Morgan fingerprint density at radius 1 is 0.361 bits per heavy atom. The molecule has 4 aliphatic heterocycles. The van der Waals surface area contributed by atoms with Crippen molar-refractivity contribution in [1.29, 1.82) is 0 Å². The molecule has 10 heterocycles. The molecule has 20 nitrogen and oxygen atoms in total. The van der Waals surface area contributed by atoms with Gasteiger partial charge in [-0.3, -0.25) is 28.2 Å². The molecule has 0 bridgehead atoms. The Morgan fingerprint density at radius 2 is 0.667 bits per heavy atom. The number of imidazole rings is 4. The monoisotopic (exact) mass is 1580 g/mol. The highest BCUT2D eigenvalue weighted by molar-refractivity contribution is 7.80. The van der Waals surface area contributed by atoms with Crippen molar-refractivity contribution >= 4 is 92.1 Å². The summed E-state index contributed by atoms with van der Waals surface area (Å²) >= 11 is 21.4. The van der Waals surface area contributed by atoms with Crippen LogP contribution in [0.15, 0.2) is 221 Å². The molecular formula is C72H76F12N20S4. The molecule has 0 saturated carbocycles. The van der Waals surface area contributed by atoms with Gasteiger partial charge in [0, 0.05) is 196 Å². The van der Waals surface area contributed by atoms with E-state index >= 15 is 0 Å². The summed E-state index contributed by atoms with van der Waals surface area (Å²) in [6, 6.07) is 33.2. The number of aromatic nitrogens is 10. The maximum absolute atomic E-state index is 12.9. The molecule has 0 unspecified atom stereocenters. The van der Waals surface area contributed by atoms with Crippen molar-refractivity contribution in [3.8, 4) is 0 Å². The van der Waals surface area contributed by atoms with Gasteiger partial charge in [-0.1, -0.05) is 36.4 Å². The summed E-state index contributed by atoms with van der Waals surface area (Å²) in [4.78, 5) is 37.8. The van der Waals surface area contributed by atoms with Crippen LogP contribution in [0.3, 0.4) is 0 Å². The highest BCUT2D eigenvalue weighted by Crippen LogP contribution is 2.36. The maximum atomic E-state index is 12.9. The van der Waals surface area contributed by atoms with Crippen LogP contribution >= 0.6 is 48.9 Å². The fourth-order valence-corrected chi connectivity index (χ4v) is 12.2. The Bertz CT molecular complexity index is 4200. The molecule has 4 aromatic carbocycles. The van der Waals surface area contributed by atoms with Gasteiger partial charge in [-0.15, -0.1) is 0 Å². The zero-order chi connectivity index (χ0) is 77.3. The third-order valence-corrected chi connectivity index (χ3v) is 18.7. The van der Waals surface area contributed by atoms with E-state index in [0.29, 0.717) is 135 Å². The topological polar surface area (TPSA) is 170 Å². The van der Waals surface area contributed by atoms with Crippen LogP contribution in [0, 0.1) is 0 Å². The van der Waals surface area contributed by atoms with Gasteiger partial charge in [-0.2, -0.15) is 52.7 Å². The highest BCUT2D eigenvalue weighted by atomic mass is 32.1. The third kappa shape index (κ3) is 24.7. The zero-order valence-electron chi connectivity index (χ0n) is 57.9. The molecule has 108 heavy (non-hydrogen) atoms. The van der Waals surface area contributed by atoms with E-state index in [1.54, 1.807) is 130 Å². The smallest absolute Gasteiger partial charge is 0.369 e. The predicted molar refractivity (Wildman–Crippen MR) is 406 cm³/mol. The van der Waals surface area contributed by atoms with Gasteiger partial charge >= 0.3 is 24.7 Å².